The van der Waals surface area contributed by atoms with Gasteiger partial charge in [-0.1, -0.05) is 13.8 Å². The Morgan fingerprint density at radius 1 is 1.36 bits per heavy atom. The van der Waals surface area contributed by atoms with Crippen molar-refractivity contribution in [3.05, 3.63) is 30.4 Å². The Labute approximate surface area is 83.3 Å². The van der Waals surface area contributed by atoms with E-state index in [1.807, 2.05) is 24.5 Å². The molecule has 0 radical (unpaired) electrons. The minimum Gasteiger partial charge on any atom is -0.495 e. The molecule has 2 rings (SSSR count). The summed E-state index contributed by atoms with van der Waals surface area (Å²) in [7, 11) is 1.67. The predicted molar refractivity (Wildman–Crippen MR) is 55.8 cm³/mol. The minimum atomic E-state index is 0.421. The number of hydrogen-bond donors (Lipinski definition) is 0. The van der Waals surface area contributed by atoms with Crippen LogP contribution in [0.3, 0.4) is 0 Å². The molecule has 74 valence electrons. The van der Waals surface area contributed by atoms with E-state index in [0.29, 0.717) is 5.92 Å². The van der Waals surface area contributed by atoms with Gasteiger partial charge in [-0.25, -0.2) is 4.98 Å². The highest BCUT2D eigenvalue weighted by Crippen LogP contribution is 2.19. The van der Waals surface area contributed by atoms with Crippen LogP contribution >= 0.6 is 0 Å². The zero-order chi connectivity index (χ0) is 10.1. The van der Waals surface area contributed by atoms with E-state index in [1.54, 1.807) is 7.11 Å². The van der Waals surface area contributed by atoms with Crippen LogP contribution in [0.2, 0.25) is 0 Å². The van der Waals surface area contributed by atoms with Crippen LogP contribution < -0.4 is 4.74 Å². The lowest BCUT2D eigenvalue weighted by molar-refractivity contribution is 0.412. The molecule has 0 fully saturated rings. The molecule has 0 unspecified atom stereocenters. The van der Waals surface area contributed by atoms with Gasteiger partial charge in [-0.2, -0.15) is 0 Å². The molecule has 0 aromatic carbocycles. The fourth-order valence-corrected chi connectivity index (χ4v) is 1.54. The third kappa shape index (κ3) is 1.35. The first-order valence-electron chi connectivity index (χ1n) is 4.73. The summed E-state index contributed by atoms with van der Waals surface area (Å²) in [6.45, 7) is 4.27. The largest absolute Gasteiger partial charge is 0.495 e. The molecule has 0 aliphatic carbocycles. The Hall–Kier alpha value is -1.51. The summed E-state index contributed by atoms with van der Waals surface area (Å²) in [4.78, 5) is 4.38. The smallest absolute Gasteiger partial charge is 0.135 e. The van der Waals surface area contributed by atoms with Gasteiger partial charge in [0.05, 0.1) is 25.0 Å². The summed E-state index contributed by atoms with van der Waals surface area (Å²) in [5.74, 6) is 2.35. The molecule has 14 heavy (non-hydrogen) atoms. The number of nitrogens with zero attached hydrogens (tertiary/aromatic N) is 2. The first-order valence-corrected chi connectivity index (χ1v) is 4.73. The Morgan fingerprint density at radius 3 is 2.79 bits per heavy atom. The van der Waals surface area contributed by atoms with Gasteiger partial charge in [0.15, 0.2) is 0 Å². The van der Waals surface area contributed by atoms with Crippen LogP contribution in [0.1, 0.15) is 25.6 Å². The van der Waals surface area contributed by atoms with E-state index in [9.17, 15) is 0 Å². The van der Waals surface area contributed by atoms with E-state index in [4.69, 9.17) is 4.74 Å². The van der Waals surface area contributed by atoms with Gasteiger partial charge in [-0.05, 0) is 12.1 Å². The molecular weight excluding hydrogens is 176 g/mol. The molecule has 0 saturated carbocycles. The summed E-state index contributed by atoms with van der Waals surface area (Å²) < 4.78 is 7.25. The molecule has 0 aliphatic heterocycles. The predicted octanol–water partition coefficient (Wildman–Crippen LogP) is 2.47. The third-order valence-corrected chi connectivity index (χ3v) is 2.28. The van der Waals surface area contributed by atoms with Crippen molar-refractivity contribution < 1.29 is 4.74 Å². The lowest BCUT2D eigenvalue weighted by Crippen LogP contribution is -1.97. The van der Waals surface area contributed by atoms with Crippen molar-refractivity contribution in [1.82, 2.24) is 9.38 Å². The highest BCUT2D eigenvalue weighted by Gasteiger charge is 2.07. The first-order chi connectivity index (χ1) is 6.72. The maximum atomic E-state index is 5.18. The minimum absolute atomic E-state index is 0.421. The fourth-order valence-electron chi connectivity index (χ4n) is 1.54. The number of imidazole rings is 1. The molecule has 0 spiro atoms. The number of pyridine rings is 1. The van der Waals surface area contributed by atoms with Crippen molar-refractivity contribution in [3.8, 4) is 5.75 Å². The standard InChI is InChI=1S/C11H14N2O/c1-8(2)11-12-6-9-4-5-10(14-3)7-13(9)11/h4-8H,1-3H3. The van der Waals surface area contributed by atoms with E-state index in [2.05, 4.69) is 23.2 Å². The van der Waals surface area contributed by atoms with Gasteiger partial charge >= 0.3 is 0 Å². The van der Waals surface area contributed by atoms with Crippen LogP contribution in [0, 0.1) is 0 Å². The molecule has 2 heterocycles. The van der Waals surface area contributed by atoms with E-state index >= 15 is 0 Å². The maximum Gasteiger partial charge on any atom is 0.135 e. The summed E-state index contributed by atoms with van der Waals surface area (Å²) in [5.41, 5.74) is 1.11. The van der Waals surface area contributed by atoms with Crippen molar-refractivity contribution in [3.63, 3.8) is 0 Å². The van der Waals surface area contributed by atoms with Crippen LogP contribution in [0.5, 0.6) is 5.75 Å². The second-order valence-corrected chi connectivity index (χ2v) is 3.63. The van der Waals surface area contributed by atoms with Gasteiger partial charge in [-0.15, -0.1) is 0 Å². The third-order valence-electron chi connectivity index (χ3n) is 2.28. The monoisotopic (exact) mass is 190 g/mol. The Kier molecular flexibility index (Phi) is 2.15. The molecule has 0 saturated heterocycles. The van der Waals surface area contributed by atoms with Crippen molar-refractivity contribution in [1.29, 1.82) is 0 Å². The van der Waals surface area contributed by atoms with E-state index < -0.39 is 0 Å². The zero-order valence-electron chi connectivity index (χ0n) is 8.69. The average molecular weight is 190 g/mol. The molecular formula is C11H14N2O. The van der Waals surface area contributed by atoms with Crippen molar-refractivity contribution in [2.24, 2.45) is 0 Å². The quantitative estimate of drug-likeness (QED) is 0.727. The number of fused-ring (bicyclic) bond motifs is 1. The first kappa shape index (κ1) is 9.06. The van der Waals surface area contributed by atoms with Crippen LogP contribution in [0.25, 0.3) is 5.52 Å². The van der Waals surface area contributed by atoms with E-state index in [-0.39, 0.29) is 0 Å². The molecule has 3 nitrogen and oxygen atoms in total. The maximum absolute atomic E-state index is 5.18. The molecule has 0 N–H and O–H groups in total. The Balaban J connectivity index is 2.63. The van der Waals surface area contributed by atoms with Crippen molar-refractivity contribution >= 4 is 5.52 Å². The summed E-state index contributed by atoms with van der Waals surface area (Å²) in [6, 6.07) is 3.96. The lowest BCUT2D eigenvalue weighted by Gasteiger charge is -2.05. The van der Waals surface area contributed by atoms with Gasteiger partial charge < -0.3 is 4.74 Å². The molecule has 0 atom stereocenters. The Bertz CT molecular complexity index is 445. The van der Waals surface area contributed by atoms with Crippen LogP contribution in [0.15, 0.2) is 24.5 Å². The highest BCUT2D eigenvalue weighted by atomic mass is 16.5. The normalized spacial score (nSPS) is 11.1. The number of methoxy groups -OCH3 is 1. The average Bonchev–Trinajstić information content (AvgIpc) is 2.59. The second-order valence-electron chi connectivity index (χ2n) is 3.63. The second kappa shape index (κ2) is 3.33. The van der Waals surface area contributed by atoms with E-state index in [1.165, 1.54) is 0 Å². The Morgan fingerprint density at radius 2 is 2.14 bits per heavy atom. The summed E-state index contributed by atoms with van der Waals surface area (Å²) in [6.07, 6.45) is 3.85. The number of aromatic nitrogens is 2. The number of rotatable bonds is 2. The van der Waals surface area contributed by atoms with Crippen molar-refractivity contribution in [2.75, 3.05) is 7.11 Å². The number of hydrogen-bond acceptors (Lipinski definition) is 2. The van der Waals surface area contributed by atoms with Gasteiger partial charge in [0.1, 0.15) is 11.6 Å². The topological polar surface area (TPSA) is 26.5 Å². The van der Waals surface area contributed by atoms with Crippen LogP contribution in [0.4, 0.5) is 0 Å². The SMILES string of the molecule is COc1ccc2cnc(C(C)C)n2c1. The fraction of sp³-hybridized carbons (Fsp3) is 0.364. The number of ether oxygens (including phenoxy) is 1. The molecule has 0 aliphatic rings. The van der Waals surface area contributed by atoms with E-state index in [0.717, 1.165) is 17.1 Å². The van der Waals surface area contributed by atoms with Crippen molar-refractivity contribution in [2.45, 2.75) is 19.8 Å². The van der Waals surface area contributed by atoms with Gasteiger partial charge in [-0.3, -0.25) is 4.40 Å². The summed E-state index contributed by atoms with van der Waals surface area (Å²) >= 11 is 0. The lowest BCUT2D eigenvalue weighted by atomic mass is 10.2. The van der Waals surface area contributed by atoms with Crippen LogP contribution in [-0.4, -0.2) is 16.5 Å². The molecule has 3 heteroatoms. The molecule has 0 bridgehead atoms. The summed E-state index contributed by atoms with van der Waals surface area (Å²) in [5, 5.41) is 0. The highest BCUT2D eigenvalue weighted by molar-refractivity contribution is 5.48. The van der Waals surface area contributed by atoms with Crippen LogP contribution in [-0.2, 0) is 0 Å². The molecule has 2 aromatic heterocycles. The van der Waals surface area contributed by atoms with Gasteiger partial charge in [0.25, 0.3) is 0 Å². The van der Waals surface area contributed by atoms with Gasteiger partial charge in [0, 0.05) is 5.92 Å². The molecule has 0 amide bonds. The zero-order valence-corrected chi connectivity index (χ0v) is 8.69. The molecule has 2 aromatic rings. The van der Waals surface area contributed by atoms with Gasteiger partial charge in [0.2, 0.25) is 0 Å².